The lowest BCUT2D eigenvalue weighted by atomic mass is 9.85. The van der Waals surface area contributed by atoms with Gasteiger partial charge in [-0.15, -0.1) is 0 Å². The minimum Gasteiger partial charge on any atom is -0.368 e. The van der Waals surface area contributed by atoms with Crippen LogP contribution in [0.5, 0.6) is 0 Å². The first-order valence-electron chi connectivity index (χ1n) is 8.07. The molecule has 21 heavy (non-hydrogen) atoms. The molecule has 2 fully saturated rings. The molecule has 2 unspecified atom stereocenters. The third kappa shape index (κ3) is 2.00. The summed E-state index contributed by atoms with van der Waals surface area (Å²) in [4.78, 5) is 2.62. The lowest BCUT2D eigenvalue weighted by molar-refractivity contribution is 0.342. The maximum absolute atomic E-state index is 9.32. The van der Waals surface area contributed by atoms with E-state index in [2.05, 4.69) is 35.2 Å². The van der Waals surface area contributed by atoms with E-state index >= 15 is 0 Å². The van der Waals surface area contributed by atoms with E-state index in [4.69, 9.17) is 0 Å². The van der Waals surface area contributed by atoms with Crippen molar-refractivity contribution in [2.24, 2.45) is 5.92 Å². The van der Waals surface area contributed by atoms with Gasteiger partial charge in [-0.3, -0.25) is 0 Å². The normalized spacial score (nSPS) is 24.8. The van der Waals surface area contributed by atoms with Crippen molar-refractivity contribution in [3.8, 4) is 6.07 Å². The van der Waals surface area contributed by atoms with Crippen molar-refractivity contribution in [3.05, 3.63) is 42.0 Å². The van der Waals surface area contributed by atoms with E-state index in [0.29, 0.717) is 0 Å². The standard InChI is InChI=1S/C19H20N2/c20-13-15-9-10-19(17-7-3-2-6-16(15)17)21-12-11-14-5-1-4-8-18(14)21/h2-3,6-7,9-10,14,18H,1,4-5,8,11-12H2. The maximum atomic E-state index is 9.32. The highest BCUT2D eigenvalue weighted by Crippen LogP contribution is 2.41. The highest BCUT2D eigenvalue weighted by molar-refractivity contribution is 5.98. The minimum atomic E-state index is 0.718. The van der Waals surface area contributed by atoms with Gasteiger partial charge in [-0.2, -0.15) is 5.26 Å². The van der Waals surface area contributed by atoms with E-state index in [1.807, 2.05) is 12.1 Å². The van der Waals surface area contributed by atoms with Gasteiger partial charge in [0.1, 0.15) is 0 Å². The van der Waals surface area contributed by atoms with Gasteiger partial charge in [0.05, 0.1) is 11.6 Å². The second kappa shape index (κ2) is 5.07. The minimum absolute atomic E-state index is 0.718. The van der Waals surface area contributed by atoms with E-state index in [9.17, 15) is 5.26 Å². The zero-order valence-corrected chi connectivity index (χ0v) is 12.3. The summed E-state index contributed by atoms with van der Waals surface area (Å²) in [5.74, 6) is 0.883. The first-order chi connectivity index (χ1) is 10.4. The second-order valence-electron chi connectivity index (χ2n) is 6.38. The van der Waals surface area contributed by atoms with Gasteiger partial charge < -0.3 is 4.90 Å². The molecule has 1 aliphatic heterocycles. The monoisotopic (exact) mass is 276 g/mol. The number of hydrogen-bond donors (Lipinski definition) is 0. The van der Waals surface area contributed by atoms with Crippen LogP contribution in [-0.2, 0) is 0 Å². The molecule has 1 heterocycles. The lowest BCUT2D eigenvalue weighted by Gasteiger charge is -2.34. The Hall–Kier alpha value is -2.01. The Morgan fingerprint density at radius 2 is 1.76 bits per heavy atom. The van der Waals surface area contributed by atoms with E-state index in [1.165, 1.54) is 49.7 Å². The van der Waals surface area contributed by atoms with Crippen LogP contribution in [0.2, 0.25) is 0 Å². The van der Waals surface area contributed by atoms with Crippen LogP contribution in [0, 0.1) is 17.2 Å². The fourth-order valence-electron chi connectivity index (χ4n) is 4.34. The number of nitriles is 1. The van der Waals surface area contributed by atoms with Gasteiger partial charge in [0.15, 0.2) is 0 Å². The molecule has 2 atom stereocenters. The number of anilines is 1. The van der Waals surface area contributed by atoms with Crippen LogP contribution in [-0.4, -0.2) is 12.6 Å². The van der Waals surface area contributed by atoms with Crippen molar-refractivity contribution in [3.63, 3.8) is 0 Å². The molecule has 1 aliphatic carbocycles. The number of hydrogen-bond acceptors (Lipinski definition) is 2. The van der Waals surface area contributed by atoms with Crippen molar-refractivity contribution in [2.45, 2.75) is 38.1 Å². The van der Waals surface area contributed by atoms with Crippen molar-refractivity contribution in [1.29, 1.82) is 5.26 Å². The molecule has 1 saturated heterocycles. The summed E-state index contributed by atoms with van der Waals surface area (Å²) in [7, 11) is 0. The summed E-state index contributed by atoms with van der Waals surface area (Å²) >= 11 is 0. The van der Waals surface area contributed by atoms with Crippen LogP contribution in [0.3, 0.4) is 0 Å². The molecule has 0 aromatic heterocycles. The summed E-state index contributed by atoms with van der Waals surface area (Å²) in [5.41, 5.74) is 2.12. The van der Waals surface area contributed by atoms with Gasteiger partial charge in [0, 0.05) is 29.0 Å². The van der Waals surface area contributed by atoms with Crippen molar-refractivity contribution in [2.75, 3.05) is 11.4 Å². The molecule has 0 amide bonds. The van der Waals surface area contributed by atoms with Crippen LogP contribution >= 0.6 is 0 Å². The number of fused-ring (bicyclic) bond motifs is 2. The third-order valence-corrected chi connectivity index (χ3v) is 5.34. The molecule has 0 radical (unpaired) electrons. The first-order valence-corrected chi connectivity index (χ1v) is 8.07. The molecule has 0 spiro atoms. The molecular formula is C19H20N2. The Morgan fingerprint density at radius 1 is 0.952 bits per heavy atom. The quantitative estimate of drug-likeness (QED) is 0.768. The maximum Gasteiger partial charge on any atom is 0.0998 e. The van der Waals surface area contributed by atoms with Gasteiger partial charge in [0.25, 0.3) is 0 Å². The molecule has 2 aromatic rings. The van der Waals surface area contributed by atoms with Gasteiger partial charge in [0.2, 0.25) is 0 Å². The first kappa shape index (κ1) is 12.7. The molecule has 106 valence electrons. The molecule has 2 heteroatoms. The lowest BCUT2D eigenvalue weighted by Crippen LogP contribution is -2.34. The van der Waals surface area contributed by atoms with E-state index in [0.717, 1.165) is 22.9 Å². The largest absolute Gasteiger partial charge is 0.368 e. The van der Waals surface area contributed by atoms with Crippen LogP contribution in [0.4, 0.5) is 5.69 Å². The zero-order valence-electron chi connectivity index (χ0n) is 12.3. The number of benzene rings is 2. The molecule has 0 bridgehead atoms. The van der Waals surface area contributed by atoms with E-state index in [-0.39, 0.29) is 0 Å². The Morgan fingerprint density at radius 3 is 2.62 bits per heavy atom. The van der Waals surface area contributed by atoms with Crippen LogP contribution in [0.1, 0.15) is 37.7 Å². The highest BCUT2D eigenvalue weighted by Gasteiger charge is 2.36. The van der Waals surface area contributed by atoms with E-state index in [1.54, 1.807) is 0 Å². The topological polar surface area (TPSA) is 27.0 Å². The summed E-state index contributed by atoms with van der Waals surface area (Å²) in [6.45, 7) is 1.17. The molecule has 1 saturated carbocycles. The number of rotatable bonds is 1. The van der Waals surface area contributed by atoms with Gasteiger partial charge in [-0.25, -0.2) is 0 Å². The zero-order chi connectivity index (χ0) is 14.2. The highest BCUT2D eigenvalue weighted by atomic mass is 15.2. The fourth-order valence-corrected chi connectivity index (χ4v) is 4.34. The van der Waals surface area contributed by atoms with Gasteiger partial charge in [-0.1, -0.05) is 37.1 Å². The molecular weight excluding hydrogens is 256 g/mol. The smallest absolute Gasteiger partial charge is 0.0998 e. The predicted molar refractivity (Wildman–Crippen MR) is 86.4 cm³/mol. The Balaban J connectivity index is 1.82. The van der Waals surface area contributed by atoms with E-state index < -0.39 is 0 Å². The Labute approximate surface area is 126 Å². The average Bonchev–Trinajstić information content (AvgIpc) is 2.98. The fraction of sp³-hybridized carbons (Fsp3) is 0.421. The van der Waals surface area contributed by atoms with Crippen molar-refractivity contribution < 1.29 is 0 Å². The Kier molecular flexibility index (Phi) is 3.07. The van der Waals surface area contributed by atoms with Crippen LogP contribution < -0.4 is 4.90 Å². The van der Waals surface area contributed by atoms with Crippen LogP contribution in [0.15, 0.2) is 36.4 Å². The van der Waals surface area contributed by atoms with Gasteiger partial charge in [-0.05, 0) is 37.3 Å². The van der Waals surface area contributed by atoms with Gasteiger partial charge >= 0.3 is 0 Å². The molecule has 2 nitrogen and oxygen atoms in total. The SMILES string of the molecule is N#Cc1ccc(N2CCC3CCCCC32)c2ccccc12. The average molecular weight is 276 g/mol. The molecule has 0 N–H and O–H groups in total. The second-order valence-corrected chi connectivity index (χ2v) is 6.38. The molecule has 4 rings (SSSR count). The predicted octanol–water partition coefficient (Wildman–Crippen LogP) is 4.48. The third-order valence-electron chi connectivity index (χ3n) is 5.34. The summed E-state index contributed by atoms with van der Waals surface area (Å²) in [6.07, 6.45) is 6.84. The number of nitrogens with zero attached hydrogens (tertiary/aromatic N) is 2. The van der Waals surface area contributed by atoms with Crippen molar-refractivity contribution >= 4 is 16.5 Å². The van der Waals surface area contributed by atoms with Crippen LogP contribution in [0.25, 0.3) is 10.8 Å². The molecule has 2 aliphatic rings. The summed E-state index contributed by atoms with van der Waals surface area (Å²) < 4.78 is 0. The van der Waals surface area contributed by atoms with Crippen molar-refractivity contribution in [1.82, 2.24) is 0 Å². The Bertz CT molecular complexity index is 713. The summed E-state index contributed by atoms with van der Waals surface area (Å²) in [5, 5.41) is 11.6. The molecule has 2 aromatic carbocycles. The summed E-state index contributed by atoms with van der Waals surface area (Å²) in [6, 6.07) is 15.6.